The van der Waals surface area contributed by atoms with E-state index in [1.54, 1.807) is 6.07 Å². The predicted molar refractivity (Wildman–Crippen MR) is 52.3 cm³/mol. The van der Waals surface area contributed by atoms with Crippen LogP contribution in [0.3, 0.4) is 0 Å². The molecule has 0 amide bonds. The topological polar surface area (TPSA) is 37.3 Å². The van der Waals surface area contributed by atoms with Crippen LogP contribution >= 0.6 is 11.6 Å². The highest BCUT2D eigenvalue weighted by molar-refractivity contribution is 6.31. The fraction of sp³-hybridized carbons (Fsp3) is 0.300. The molecule has 2 nitrogen and oxygen atoms in total. The van der Waals surface area contributed by atoms with Gasteiger partial charge in [0, 0.05) is 5.02 Å². The highest BCUT2D eigenvalue weighted by atomic mass is 35.5. The summed E-state index contributed by atoms with van der Waals surface area (Å²) in [6.45, 7) is 3.81. The van der Waals surface area contributed by atoms with Crippen molar-refractivity contribution in [3.8, 4) is 0 Å². The van der Waals surface area contributed by atoms with Crippen LogP contribution in [0.1, 0.15) is 16.7 Å². The standard InChI is InChI=1S/C10H11ClO2/c1-6-3-7(2)8(5-10(12)13)9(11)4-6/h3-4H,5H2,1-2H3,(H,12,13). The van der Waals surface area contributed by atoms with Crippen molar-refractivity contribution in [3.05, 3.63) is 33.8 Å². The van der Waals surface area contributed by atoms with E-state index in [9.17, 15) is 4.79 Å². The van der Waals surface area contributed by atoms with Gasteiger partial charge in [0.25, 0.3) is 0 Å². The maximum absolute atomic E-state index is 10.5. The average molecular weight is 199 g/mol. The molecule has 0 bridgehead atoms. The monoisotopic (exact) mass is 198 g/mol. The zero-order chi connectivity index (χ0) is 10.0. The second-order valence-electron chi connectivity index (χ2n) is 3.11. The molecular weight excluding hydrogens is 188 g/mol. The summed E-state index contributed by atoms with van der Waals surface area (Å²) in [5.41, 5.74) is 2.70. The van der Waals surface area contributed by atoms with Crippen molar-refractivity contribution in [2.45, 2.75) is 20.3 Å². The number of carbonyl (C=O) groups is 1. The second kappa shape index (κ2) is 3.79. The van der Waals surface area contributed by atoms with Gasteiger partial charge < -0.3 is 5.11 Å². The van der Waals surface area contributed by atoms with E-state index >= 15 is 0 Å². The van der Waals surface area contributed by atoms with Gasteiger partial charge in [-0.2, -0.15) is 0 Å². The average Bonchev–Trinajstić information content (AvgIpc) is 1.96. The summed E-state index contributed by atoms with van der Waals surface area (Å²) in [6.07, 6.45) is -0.00898. The lowest BCUT2D eigenvalue weighted by atomic mass is 10.0. The summed E-state index contributed by atoms with van der Waals surface area (Å²) in [5, 5.41) is 9.17. The molecule has 0 atom stereocenters. The number of carboxylic acids is 1. The number of rotatable bonds is 2. The summed E-state index contributed by atoms with van der Waals surface area (Å²) >= 11 is 5.92. The molecule has 1 aromatic rings. The van der Waals surface area contributed by atoms with Crippen LogP contribution in [0.4, 0.5) is 0 Å². The number of hydrogen-bond acceptors (Lipinski definition) is 1. The van der Waals surface area contributed by atoms with Crippen LogP contribution < -0.4 is 0 Å². The van der Waals surface area contributed by atoms with Crippen molar-refractivity contribution in [1.29, 1.82) is 0 Å². The van der Waals surface area contributed by atoms with E-state index in [-0.39, 0.29) is 6.42 Å². The molecule has 0 aromatic heterocycles. The summed E-state index contributed by atoms with van der Waals surface area (Å²) in [5.74, 6) is -0.853. The van der Waals surface area contributed by atoms with E-state index < -0.39 is 5.97 Å². The Balaban J connectivity index is 3.13. The first-order chi connectivity index (χ1) is 6.00. The molecule has 1 N–H and O–H groups in total. The predicted octanol–water partition coefficient (Wildman–Crippen LogP) is 2.58. The Labute approximate surface area is 82.2 Å². The Morgan fingerprint density at radius 3 is 2.54 bits per heavy atom. The summed E-state index contributed by atoms with van der Waals surface area (Å²) in [7, 11) is 0. The SMILES string of the molecule is Cc1cc(C)c(CC(=O)O)c(Cl)c1. The van der Waals surface area contributed by atoms with Gasteiger partial charge in [0.2, 0.25) is 0 Å². The number of hydrogen-bond donors (Lipinski definition) is 1. The third-order valence-electron chi connectivity index (χ3n) is 1.89. The molecule has 0 aliphatic carbocycles. The molecule has 0 saturated heterocycles. The molecular formula is C10H11ClO2. The van der Waals surface area contributed by atoms with Crippen molar-refractivity contribution < 1.29 is 9.90 Å². The van der Waals surface area contributed by atoms with Gasteiger partial charge in [-0.05, 0) is 36.6 Å². The minimum Gasteiger partial charge on any atom is -0.481 e. The highest BCUT2D eigenvalue weighted by Crippen LogP contribution is 2.22. The Kier molecular flexibility index (Phi) is 2.94. The zero-order valence-electron chi connectivity index (χ0n) is 7.60. The van der Waals surface area contributed by atoms with Gasteiger partial charge in [0.15, 0.2) is 0 Å². The van der Waals surface area contributed by atoms with Crippen molar-refractivity contribution in [2.75, 3.05) is 0 Å². The second-order valence-corrected chi connectivity index (χ2v) is 3.52. The van der Waals surface area contributed by atoms with Gasteiger partial charge in [0.05, 0.1) is 6.42 Å². The molecule has 1 aromatic carbocycles. The Bertz CT molecular complexity index is 322. The van der Waals surface area contributed by atoms with Crippen molar-refractivity contribution in [2.24, 2.45) is 0 Å². The van der Waals surface area contributed by atoms with E-state index in [2.05, 4.69) is 0 Å². The number of aliphatic carboxylic acids is 1. The molecule has 13 heavy (non-hydrogen) atoms. The first-order valence-electron chi connectivity index (χ1n) is 3.98. The first-order valence-corrected chi connectivity index (χ1v) is 4.36. The number of benzene rings is 1. The van der Waals surface area contributed by atoms with Crippen molar-refractivity contribution >= 4 is 17.6 Å². The van der Waals surface area contributed by atoms with Crippen LogP contribution in [0, 0.1) is 13.8 Å². The molecule has 0 heterocycles. The lowest BCUT2D eigenvalue weighted by molar-refractivity contribution is -0.136. The number of carboxylic acid groups (broad SMARTS) is 1. The Morgan fingerprint density at radius 1 is 1.46 bits per heavy atom. The molecule has 0 saturated carbocycles. The third kappa shape index (κ3) is 2.46. The fourth-order valence-electron chi connectivity index (χ4n) is 1.32. The molecule has 3 heteroatoms. The van der Waals surface area contributed by atoms with Gasteiger partial charge in [-0.25, -0.2) is 0 Å². The molecule has 0 radical (unpaired) electrons. The van der Waals surface area contributed by atoms with Gasteiger partial charge in [-0.3, -0.25) is 4.79 Å². The van der Waals surface area contributed by atoms with Gasteiger partial charge >= 0.3 is 5.97 Å². The van der Waals surface area contributed by atoms with E-state index in [0.717, 1.165) is 11.1 Å². The van der Waals surface area contributed by atoms with Crippen LogP contribution in [0.15, 0.2) is 12.1 Å². The maximum atomic E-state index is 10.5. The molecule has 1 rings (SSSR count). The van der Waals surface area contributed by atoms with Crippen LogP contribution in [-0.2, 0) is 11.2 Å². The first kappa shape index (κ1) is 10.1. The summed E-state index contributed by atoms with van der Waals surface area (Å²) in [4.78, 5) is 10.5. The van der Waals surface area contributed by atoms with Crippen LogP contribution in [0.5, 0.6) is 0 Å². The van der Waals surface area contributed by atoms with Crippen molar-refractivity contribution in [3.63, 3.8) is 0 Å². The molecule has 0 unspecified atom stereocenters. The van der Waals surface area contributed by atoms with Crippen LogP contribution in [0.25, 0.3) is 0 Å². The van der Waals surface area contributed by atoms with E-state index in [1.807, 2.05) is 19.9 Å². The smallest absolute Gasteiger partial charge is 0.307 e. The Hall–Kier alpha value is -1.02. The normalized spacial score (nSPS) is 10.1. The number of halogens is 1. The largest absolute Gasteiger partial charge is 0.481 e. The summed E-state index contributed by atoms with van der Waals surface area (Å²) in [6, 6.07) is 3.72. The zero-order valence-corrected chi connectivity index (χ0v) is 8.35. The molecule has 0 aliphatic heterocycles. The van der Waals surface area contributed by atoms with Gasteiger partial charge in [0.1, 0.15) is 0 Å². The van der Waals surface area contributed by atoms with Crippen LogP contribution in [0.2, 0.25) is 5.02 Å². The minimum absolute atomic E-state index is 0.00898. The van der Waals surface area contributed by atoms with Gasteiger partial charge in [-0.15, -0.1) is 0 Å². The van der Waals surface area contributed by atoms with E-state index in [4.69, 9.17) is 16.7 Å². The lowest BCUT2D eigenvalue weighted by Crippen LogP contribution is -2.03. The van der Waals surface area contributed by atoms with E-state index in [0.29, 0.717) is 10.6 Å². The molecule has 0 spiro atoms. The van der Waals surface area contributed by atoms with Crippen molar-refractivity contribution in [1.82, 2.24) is 0 Å². The van der Waals surface area contributed by atoms with Gasteiger partial charge in [-0.1, -0.05) is 17.7 Å². The summed E-state index contributed by atoms with van der Waals surface area (Å²) < 4.78 is 0. The molecule has 70 valence electrons. The van der Waals surface area contributed by atoms with E-state index in [1.165, 1.54) is 0 Å². The Morgan fingerprint density at radius 2 is 2.08 bits per heavy atom. The quantitative estimate of drug-likeness (QED) is 0.793. The molecule has 0 aliphatic rings. The lowest BCUT2D eigenvalue weighted by Gasteiger charge is -2.06. The third-order valence-corrected chi connectivity index (χ3v) is 2.23. The maximum Gasteiger partial charge on any atom is 0.307 e. The fourth-order valence-corrected chi connectivity index (χ4v) is 1.71. The molecule has 0 fully saturated rings. The number of aryl methyl sites for hydroxylation is 2. The highest BCUT2D eigenvalue weighted by Gasteiger charge is 2.08. The minimum atomic E-state index is -0.853. The van der Waals surface area contributed by atoms with Crippen LogP contribution in [-0.4, -0.2) is 11.1 Å².